The van der Waals surface area contributed by atoms with Gasteiger partial charge in [0.15, 0.2) is 0 Å². The Morgan fingerprint density at radius 3 is 2.79 bits per heavy atom. The van der Waals surface area contributed by atoms with E-state index in [0.717, 1.165) is 13.2 Å². The Morgan fingerprint density at radius 1 is 1.29 bits per heavy atom. The molecule has 2 unspecified atom stereocenters. The average molecular weight is 198 g/mol. The van der Waals surface area contributed by atoms with Crippen LogP contribution in [0.15, 0.2) is 0 Å². The predicted molar refractivity (Wildman–Crippen MR) is 57.2 cm³/mol. The Bertz CT molecular complexity index is 165. The minimum Gasteiger partial charge on any atom is -0.378 e. The lowest BCUT2D eigenvalue weighted by atomic mass is 10.0. The maximum Gasteiger partial charge on any atom is 0.0587 e. The van der Waals surface area contributed by atoms with Crippen LogP contribution in [0.3, 0.4) is 0 Å². The summed E-state index contributed by atoms with van der Waals surface area (Å²) in [5.74, 6) is 0. The topological polar surface area (TPSA) is 38.5 Å². The largest absolute Gasteiger partial charge is 0.378 e. The van der Waals surface area contributed by atoms with Gasteiger partial charge in [0.25, 0.3) is 0 Å². The van der Waals surface area contributed by atoms with Crippen LogP contribution in [-0.4, -0.2) is 43.3 Å². The molecule has 2 aliphatic heterocycles. The summed E-state index contributed by atoms with van der Waals surface area (Å²) in [6.45, 7) is 4.23. The van der Waals surface area contributed by atoms with Crippen LogP contribution in [0.1, 0.15) is 32.1 Å². The summed E-state index contributed by atoms with van der Waals surface area (Å²) in [6.07, 6.45) is 6.90. The third-order valence-electron chi connectivity index (χ3n) is 3.55. The van der Waals surface area contributed by atoms with E-state index in [1.807, 2.05) is 0 Å². The molecule has 0 aliphatic carbocycles. The first-order chi connectivity index (χ1) is 6.90. The number of hydrogen-bond acceptors (Lipinski definition) is 3. The summed E-state index contributed by atoms with van der Waals surface area (Å²) in [4.78, 5) is 2.50. The molecule has 0 bridgehead atoms. The van der Waals surface area contributed by atoms with Crippen molar-refractivity contribution in [2.45, 2.75) is 44.2 Å². The van der Waals surface area contributed by atoms with E-state index in [2.05, 4.69) is 4.90 Å². The molecule has 0 saturated carbocycles. The zero-order chi connectivity index (χ0) is 9.80. The highest BCUT2D eigenvalue weighted by atomic mass is 16.5. The second-order valence-electron chi connectivity index (χ2n) is 4.49. The van der Waals surface area contributed by atoms with Crippen molar-refractivity contribution in [3.8, 4) is 0 Å². The summed E-state index contributed by atoms with van der Waals surface area (Å²) in [5.41, 5.74) is 5.66. The van der Waals surface area contributed by atoms with Gasteiger partial charge in [-0.05, 0) is 32.1 Å². The molecule has 2 saturated heterocycles. The van der Waals surface area contributed by atoms with Crippen molar-refractivity contribution in [2.24, 2.45) is 5.73 Å². The first-order valence-corrected chi connectivity index (χ1v) is 5.96. The third-order valence-corrected chi connectivity index (χ3v) is 3.55. The van der Waals surface area contributed by atoms with Gasteiger partial charge in [0.1, 0.15) is 0 Å². The molecule has 2 aliphatic rings. The molecule has 3 nitrogen and oxygen atoms in total. The second-order valence-corrected chi connectivity index (χ2v) is 4.49. The van der Waals surface area contributed by atoms with Gasteiger partial charge in [-0.15, -0.1) is 0 Å². The van der Waals surface area contributed by atoms with Crippen LogP contribution in [0.25, 0.3) is 0 Å². The van der Waals surface area contributed by atoms with E-state index in [9.17, 15) is 0 Å². The average Bonchev–Trinajstić information content (AvgIpc) is 2.19. The van der Waals surface area contributed by atoms with Crippen LogP contribution in [0.5, 0.6) is 0 Å². The van der Waals surface area contributed by atoms with Crippen molar-refractivity contribution in [1.82, 2.24) is 4.90 Å². The molecule has 0 amide bonds. The first-order valence-electron chi connectivity index (χ1n) is 5.96. The fourth-order valence-electron chi connectivity index (χ4n) is 2.40. The fourth-order valence-corrected chi connectivity index (χ4v) is 2.40. The number of hydrogen-bond donors (Lipinski definition) is 1. The lowest BCUT2D eigenvalue weighted by Crippen LogP contribution is -2.52. The van der Waals surface area contributed by atoms with Crippen molar-refractivity contribution in [3.63, 3.8) is 0 Å². The van der Waals surface area contributed by atoms with Gasteiger partial charge in [-0.3, -0.25) is 4.90 Å². The Labute approximate surface area is 86.6 Å². The lowest BCUT2D eigenvalue weighted by Gasteiger charge is -2.41. The lowest BCUT2D eigenvalue weighted by molar-refractivity contribution is -0.00535. The first kappa shape index (κ1) is 10.4. The van der Waals surface area contributed by atoms with E-state index in [4.69, 9.17) is 10.5 Å². The smallest absolute Gasteiger partial charge is 0.0587 e. The number of nitrogens with two attached hydrogens (primary N) is 1. The minimum absolute atomic E-state index is 0.530. The van der Waals surface area contributed by atoms with Crippen molar-refractivity contribution in [1.29, 1.82) is 0 Å². The van der Waals surface area contributed by atoms with Crippen LogP contribution >= 0.6 is 0 Å². The van der Waals surface area contributed by atoms with E-state index >= 15 is 0 Å². The van der Waals surface area contributed by atoms with Crippen LogP contribution < -0.4 is 5.73 Å². The zero-order valence-corrected chi connectivity index (χ0v) is 8.95. The molecule has 0 spiro atoms. The van der Waals surface area contributed by atoms with Gasteiger partial charge >= 0.3 is 0 Å². The number of nitrogens with zero attached hydrogens (tertiary/aromatic N) is 1. The molecular weight excluding hydrogens is 176 g/mol. The summed E-state index contributed by atoms with van der Waals surface area (Å²) in [7, 11) is 0. The minimum atomic E-state index is 0.530. The number of rotatable bonds is 4. The molecule has 2 rings (SSSR count). The highest BCUT2D eigenvalue weighted by molar-refractivity contribution is 4.83. The van der Waals surface area contributed by atoms with Gasteiger partial charge in [0.05, 0.1) is 6.10 Å². The van der Waals surface area contributed by atoms with E-state index in [1.54, 1.807) is 0 Å². The normalized spacial score (nSPS) is 34.1. The summed E-state index contributed by atoms with van der Waals surface area (Å²) >= 11 is 0. The monoisotopic (exact) mass is 198 g/mol. The van der Waals surface area contributed by atoms with E-state index < -0.39 is 0 Å². The van der Waals surface area contributed by atoms with Gasteiger partial charge in [-0.2, -0.15) is 0 Å². The summed E-state index contributed by atoms with van der Waals surface area (Å²) in [6, 6.07) is 0.665. The van der Waals surface area contributed by atoms with Crippen LogP contribution in [0.2, 0.25) is 0 Å². The molecule has 82 valence electrons. The van der Waals surface area contributed by atoms with Crippen molar-refractivity contribution < 1.29 is 4.74 Å². The highest BCUT2D eigenvalue weighted by Crippen LogP contribution is 2.20. The molecule has 0 aromatic heterocycles. The fraction of sp³-hybridized carbons (Fsp3) is 1.00. The zero-order valence-electron chi connectivity index (χ0n) is 8.95. The molecule has 14 heavy (non-hydrogen) atoms. The third kappa shape index (κ3) is 2.47. The molecular formula is C11H22N2O. The summed E-state index contributed by atoms with van der Waals surface area (Å²) in [5, 5.41) is 0. The molecule has 0 aromatic rings. The Hall–Kier alpha value is -0.120. The van der Waals surface area contributed by atoms with Crippen molar-refractivity contribution in [2.75, 3.05) is 26.2 Å². The molecule has 2 atom stereocenters. The van der Waals surface area contributed by atoms with Gasteiger partial charge in [0, 0.05) is 32.3 Å². The van der Waals surface area contributed by atoms with Gasteiger partial charge in [0.2, 0.25) is 0 Å². The number of likely N-dealkylation sites (tertiary alicyclic amines) is 1. The van der Waals surface area contributed by atoms with Crippen molar-refractivity contribution in [3.05, 3.63) is 0 Å². The van der Waals surface area contributed by atoms with Crippen LogP contribution in [0.4, 0.5) is 0 Å². The number of ether oxygens (including phenoxy) is 1. The van der Waals surface area contributed by atoms with Gasteiger partial charge in [-0.25, -0.2) is 0 Å². The predicted octanol–water partition coefficient (Wildman–Crippen LogP) is 0.979. The SMILES string of the molecule is NCC1CCN1CCC1CCCCO1. The maximum absolute atomic E-state index is 5.71. The van der Waals surface area contributed by atoms with Gasteiger partial charge in [-0.1, -0.05) is 0 Å². The van der Waals surface area contributed by atoms with Gasteiger partial charge < -0.3 is 10.5 Å². The van der Waals surface area contributed by atoms with Crippen LogP contribution in [-0.2, 0) is 4.74 Å². The Kier molecular flexibility index (Phi) is 3.79. The van der Waals surface area contributed by atoms with E-state index in [0.29, 0.717) is 12.1 Å². The maximum atomic E-state index is 5.71. The van der Waals surface area contributed by atoms with Crippen LogP contribution in [0, 0.1) is 0 Å². The molecule has 3 heteroatoms. The molecule has 2 heterocycles. The quantitative estimate of drug-likeness (QED) is 0.732. The van der Waals surface area contributed by atoms with E-state index in [-0.39, 0.29) is 0 Å². The molecule has 2 N–H and O–H groups in total. The van der Waals surface area contributed by atoms with Crippen molar-refractivity contribution >= 4 is 0 Å². The standard InChI is InChI=1S/C11H22N2O/c12-9-10-4-6-13(10)7-5-11-3-1-2-8-14-11/h10-11H,1-9,12H2. The summed E-state index contributed by atoms with van der Waals surface area (Å²) < 4.78 is 5.71. The van der Waals surface area contributed by atoms with E-state index in [1.165, 1.54) is 45.2 Å². The Balaban J connectivity index is 1.61. The second kappa shape index (κ2) is 5.10. The molecule has 0 radical (unpaired) electrons. The molecule has 2 fully saturated rings. The molecule has 0 aromatic carbocycles. The highest BCUT2D eigenvalue weighted by Gasteiger charge is 2.26. The Morgan fingerprint density at radius 2 is 2.21 bits per heavy atom.